The maximum absolute atomic E-state index is 11.4. The summed E-state index contributed by atoms with van der Waals surface area (Å²) < 4.78 is 5.24. The Bertz CT molecular complexity index is 350. The molecule has 0 saturated carbocycles. The lowest BCUT2D eigenvalue weighted by atomic mass is 10.1. The van der Waals surface area contributed by atoms with Crippen molar-refractivity contribution in [3.8, 4) is 0 Å². The molecule has 0 unspecified atom stereocenters. The molecule has 0 amide bonds. The molecule has 0 saturated heterocycles. The monoisotopic (exact) mass is 428 g/mol. The van der Waals surface area contributed by atoms with Crippen molar-refractivity contribution in [1.82, 2.24) is 0 Å². The van der Waals surface area contributed by atoms with E-state index in [0.717, 1.165) is 31.0 Å². The highest BCUT2D eigenvalue weighted by atomic mass is 79.9. The number of carbonyl (C=O) groups excluding carboxylic acids is 1. The van der Waals surface area contributed by atoms with Crippen molar-refractivity contribution in [2.45, 2.75) is 103 Å². The van der Waals surface area contributed by atoms with Crippen molar-refractivity contribution in [3.05, 3.63) is 24.3 Å². The van der Waals surface area contributed by atoms with Gasteiger partial charge in [-0.05, 0) is 51.4 Å². The van der Waals surface area contributed by atoms with Crippen LogP contribution in [0.25, 0.3) is 0 Å². The predicted molar refractivity (Wildman–Crippen MR) is 118 cm³/mol. The van der Waals surface area contributed by atoms with E-state index in [9.17, 15) is 4.79 Å². The summed E-state index contributed by atoms with van der Waals surface area (Å²) >= 11 is 3.37. The van der Waals surface area contributed by atoms with E-state index < -0.39 is 0 Å². The fourth-order valence-corrected chi connectivity index (χ4v) is 3.11. The SMILES string of the molecule is CCCCC/C=C\CC=CCCCCCCCCOC(=O)CCCCBr. The third-order valence-corrected chi connectivity index (χ3v) is 4.93. The highest BCUT2D eigenvalue weighted by Crippen LogP contribution is 2.09. The number of alkyl halides is 1. The third kappa shape index (κ3) is 21.5. The maximum Gasteiger partial charge on any atom is 0.305 e. The van der Waals surface area contributed by atoms with Crippen LogP contribution in [0.3, 0.4) is 0 Å². The molecule has 0 heterocycles. The number of rotatable bonds is 19. The zero-order valence-electron chi connectivity index (χ0n) is 17.0. The van der Waals surface area contributed by atoms with E-state index in [0.29, 0.717) is 13.0 Å². The summed E-state index contributed by atoms with van der Waals surface area (Å²) in [5.41, 5.74) is 0. The molecule has 0 aliphatic heterocycles. The van der Waals surface area contributed by atoms with Crippen LogP contribution >= 0.6 is 15.9 Å². The summed E-state index contributed by atoms with van der Waals surface area (Å²) in [6.45, 7) is 2.85. The molecule has 0 atom stereocenters. The lowest BCUT2D eigenvalue weighted by molar-refractivity contribution is -0.143. The first-order valence-electron chi connectivity index (χ1n) is 10.8. The largest absolute Gasteiger partial charge is 0.466 e. The van der Waals surface area contributed by atoms with Crippen LogP contribution in [0.4, 0.5) is 0 Å². The van der Waals surface area contributed by atoms with Crippen LogP contribution in [0.15, 0.2) is 24.3 Å². The molecule has 0 aromatic rings. The van der Waals surface area contributed by atoms with Crippen LogP contribution in [0, 0.1) is 0 Å². The molecule has 0 radical (unpaired) electrons. The quantitative estimate of drug-likeness (QED) is 0.0902. The number of hydrogen-bond acceptors (Lipinski definition) is 2. The first-order chi connectivity index (χ1) is 12.8. The average molecular weight is 429 g/mol. The lowest BCUT2D eigenvalue weighted by Crippen LogP contribution is -2.05. The van der Waals surface area contributed by atoms with Crippen LogP contribution in [0.5, 0.6) is 0 Å². The Labute approximate surface area is 171 Å². The highest BCUT2D eigenvalue weighted by molar-refractivity contribution is 9.09. The molecule has 0 N–H and O–H groups in total. The first-order valence-corrected chi connectivity index (χ1v) is 11.9. The molecule has 0 aliphatic carbocycles. The van der Waals surface area contributed by atoms with Crippen molar-refractivity contribution in [1.29, 1.82) is 0 Å². The fraction of sp³-hybridized carbons (Fsp3) is 0.783. The Morgan fingerprint density at radius 3 is 2.04 bits per heavy atom. The summed E-state index contributed by atoms with van der Waals surface area (Å²) in [4.78, 5) is 11.4. The van der Waals surface area contributed by atoms with Gasteiger partial charge >= 0.3 is 5.97 Å². The van der Waals surface area contributed by atoms with E-state index in [1.807, 2.05) is 0 Å². The van der Waals surface area contributed by atoms with Gasteiger partial charge in [0.25, 0.3) is 0 Å². The van der Waals surface area contributed by atoms with E-state index in [2.05, 4.69) is 47.2 Å². The molecule has 0 spiro atoms. The zero-order valence-corrected chi connectivity index (χ0v) is 18.6. The van der Waals surface area contributed by atoms with E-state index in [4.69, 9.17) is 4.74 Å². The number of hydrogen-bond donors (Lipinski definition) is 0. The van der Waals surface area contributed by atoms with Gasteiger partial charge in [-0.2, -0.15) is 0 Å². The smallest absolute Gasteiger partial charge is 0.305 e. The van der Waals surface area contributed by atoms with E-state index >= 15 is 0 Å². The Balaban J connectivity index is 3.21. The topological polar surface area (TPSA) is 26.3 Å². The number of carbonyl (C=O) groups is 1. The van der Waals surface area contributed by atoms with Gasteiger partial charge in [0.15, 0.2) is 0 Å². The van der Waals surface area contributed by atoms with Gasteiger partial charge in [0.1, 0.15) is 0 Å². The minimum Gasteiger partial charge on any atom is -0.466 e. The molecule has 0 rings (SSSR count). The van der Waals surface area contributed by atoms with Gasteiger partial charge in [0, 0.05) is 11.8 Å². The Kier molecular flexibility index (Phi) is 22.0. The minimum absolute atomic E-state index is 0.0338. The molecule has 3 heteroatoms. The number of unbranched alkanes of at least 4 members (excludes halogenated alkanes) is 10. The van der Waals surface area contributed by atoms with Gasteiger partial charge in [-0.25, -0.2) is 0 Å². The van der Waals surface area contributed by atoms with Gasteiger partial charge in [-0.3, -0.25) is 4.79 Å². The van der Waals surface area contributed by atoms with Crippen molar-refractivity contribution in [2.24, 2.45) is 0 Å². The summed E-state index contributed by atoms with van der Waals surface area (Å²) in [5.74, 6) is -0.0338. The van der Waals surface area contributed by atoms with Crippen molar-refractivity contribution in [3.63, 3.8) is 0 Å². The summed E-state index contributed by atoms with van der Waals surface area (Å²) in [5, 5.41) is 0.965. The van der Waals surface area contributed by atoms with Crippen LogP contribution in [-0.4, -0.2) is 17.9 Å². The predicted octanol–water partition coefficient (Wildman–Crippen LogP) is 7.91. The summed E-state index contributed by atoms with van der Waals surface area (Å²) in [7, 11) is 0. The molecule has 0 aromatic heterocycles. The molecule has 26 heavy (non-hydrogen) atoms. The maximum atomic E-state index is 11.4. The summed E-state index contributed by atoms with van der Waals surface area (Å²) in [6.07, 6.45) is 26.6. The fourth-order valence-electron chi connectivity index (χ4n) is 2.71. The molecule has 0 bridgehead atoms. The summed E-state index contributed by atoms with van der Waals surface area (Å²) in [6, 6.07) is 0. The lowest BCUT2D eigenvalue weighted by Gasteiger charge is -2.04. The minimum atomic E-state index is -0.0338. The normalized spacial score (nSPS) is 11.6. The second kappa shape index (κ2) is 22.5. The second-order valence-electron chi connectivity index (χ2n) is 6.95. The van der Waals surface area contributed by atoms with Crippen LogP contribution in [0.2, 0.25) is 0 Å². The second-order valence-corrected chi connectivity index (χ2v) is 7.74. The van der Waals surface area contributed by atoms with Gasteiger partial charge in [-0.1, -0.05) is 85.7 Å². The number of esters is 1. The van der Waals surface area contributed by atoms with E-state index in [-0.39, 0.29) is 5.97 Å². The third-order valence-electron chi connectivity index (χ3n) is 4.37. The van der Waals surface area contributed by atoms with Crippen molar-refractivity contribution in [2.75, 3.05) is 11.9 Å². The van der Waals surface area contributed by atoms with Gasteiger partial charge in [0.05, 0.1) is 6.61 Å². The van der Waals surface area contributed by atoms with Crippen molar-refractivity contribution < 1.29 is 9.53 Å². The molecule has 2 nitrogen and oxygen atoms in total. The molecule has 0 aromatic carbocycles. The molecule has 0 fully saturated rings. The average Bonchev–Trinajstić information content (AvgIpc) is 2.64. The van der Waals surface area contributed by atoms with Crippen LogP contribution < -0.4 is 0 Å². The van der Waals surface area contributed by atoms with E-state index in [1.165, 1.54) is 64.2 Å². The molecular weight excluding hydrogens is 388 g/mol. The Hall–Kier alpha value is -0.570. The molecular formula is C23H41BrO2. The highest BCUT2D eigenvalue weighted by Gasteiger charge is 2.01. The number of halogens is 1. The molecule has 0 aliphatic rings. The van der Waals surface area contributed by atoms with E-state index in [1.54, 1.807) is 0 Å². The van der Waals surface area contributed by atoms with Gasteiger partial charge < -0.3 is 4.74 Å². The standard InChI is InChI=1S/C23H41BrO2/c1-2-3-4-5-6-7-8-9-10-11-12-13-14-15-16-19-22-26-23(25)20-17-18-21-24/h6-7,9-10H,2-5,8,11-22H2,1H3/b7-6-,10-9?. The Morgan fingerprint density at radius 1 is 0.769 bits per heavy atom. The van der Waals surface area contributed by atoms with Crippen LogP contribution in [0.1, 0.15) is 103 Å². The Morgan fingerprint density at radius 2 is 1.38 bits per heavy atom. The number of allylic oxidation sites excluding steroid dienone is 4. The van der Waals surface area contributed by atoms with Crippen molar-refractivity contribution >= 4 is 21.9 Å². The van der Waals surface area contributed by atoms with Gasteiger partial charge in [0.2, 0.25) is 0 Å². The first kappa shape index (κ1) is 25.4. The van der Waals surface area contributed by atoms with Gasteiger partial charge in [-0.15, -0.1) is 0 Å². The molecule has 152 valence electrons. The number of ether oxygens (including phenoxy) is 1. The zero-order chi connectivity index (χ0) is 19.1. The van der Waals surface area contributed by atoms with Crippen LogP contribution in [-0.2, 0) is 9.53 Å².